The average molecular weight is 447 g/mol. The van der Waals surface area contributed by atoms with E-state index in [1.54, 1.807) is 0 Å². The maximum Gasteiger partial charge on any atom is 0 e. The Bertz CT molecular complexity index is 177. The first-order chi connectivity index (χ1) is 5.29. The standard InChI is InChI=1S/2C4H6O2.Pb.Zn.2H/c2*1-3(2)4(5)6;;;;/h2*1H2,2H3,(H,5,6);;;;. The van der Waals surface area contributed by atoms with Crippen molar-refractivity contribution in [1.82, 2.24) is 0 Å². The van der Waals surface area contributed by atoms with E-state index in [-0.39, 0.29) is 57.9 Å². The molecule has 0 spiro atoms. The van der Waals surface area contributed by atoms with Crippen LogP contribution in [0, 0.1) is 0 Å². The van der Waals surface area contributed by atoms with Crippen LogP contribution < -0.4 is 0 Å². The molecular formula is C8H14O4PbZn. The minimum atomic E-state index is -0.935. The van der Waals surface area contributed by atoms with Crippen molar-refractivity contribution >= 4 is 39.2 Å². The fraction of sp³-hybridized carbons (Fsp3) is 0.250. The van der Waals surface area contributed by atoms with Gasteiger partial charge in [0.1, 0.15) is 0 Å². The fourth-order valence-corrected chi connectivity index (χ4v) is 0. The Kier molecular flexibility index (Phi) is 21.9. The topological polar surface area (TPSA) is 74.6 Å². The van der Waals surface area contributed by atoms with Gasteiger partial charge in [0.2, 0.25) is 0 Å². The Morgan fingerprint density at radius 2 is 1.00 bits per heavy atom. The molecule has 0 rings (SSSR count). The summed E-state index contributed by atoms with van der Waals surface area (Å²) in [6.07, 6.45) is 0. The predicted molar refractivity (Wildman–Crippen MR) is 53.4 cm³/mol. The molecule has 2 N–H and O–H groups in total. The van der Waals surface area contributed by atoms with Crippen LogP contribution in [0.15, 0.2) is 24.3 Å². The maximum atomic E-state index is 9.60. The van der Waals surface area contributed by atoms with Gasteiger partial charge in [0, 0.05) is 30.6 Å². The summed E-state index contributed by atoms with van der Waals surface area (Å²) in [6.45, 7) is 9.20. The van der Waals surface area contributed by atoms with Crippen LogP contribution in [0.4, 0.5) is 0 Å². The van der Waals surface area contributed by atoms with Crippen molar-refractivity contribution in [2.45, 2.75) is 13.8 Å². The molecule has 0 amide bonds. The first-order valence-electron chi connectivity index (χ1n) is 3.06. The van der Waals surface area contributed by atoms with Crippen LogP contribution in [0.2, 0.25) is 0 Å². The third kappa shape index (κ3) is 22.7. The first-order valence-corrected chi connectivity index (χ1v) is 3.06. The summed E-state index contributed by atoms with van der Waals surface area (Å²) < 4.78 is 0. The second kappa shape index (κ2) is 13.0. The van der Waals surface area contributed by atoms with E-state index in [0.29, 0.717) is 0 Å². The summed E-state index contributed by atoms with van der Waals surface area (Å²) in [7, 11) is 0. The van der Waals surface area contributed by atoms with Gasteiger partial charge >= 0.3 is 39.2 Å². The van der Waals surface area contributed by atoms with Crippen molar-refractivity contribution in [1.29, 1.82) is 0 Å². The van der Waals surface area contributed by atoms with E-state index in [2.05, 4.69) is 13.2 Å². The molecule has 0 heterocycles. The predicted octanol–water partition coefficient (Wildman–Crippen LogP) is 0.376. The number of carboxylic acid groups (broad SMARTS) is 2. The smallest absolute Gasteiger partial charge is 0 e. The molecule has 6 heteroatoms. The number of hydrogen-bond acceptors (Lipinski definition) is 2. The van der Waals surface area contributed by atoms with Crippen LogP contribution in [-0.2, 0) is 29.1 Å². The summed E-state index contributed by atoms with van der Waals surface area (Å²) in [6, 6.07) is 0. The molecule has 0 aliphatic carbocycles. The molecule has 0 aromatic rings. The molecule has 0 atom stereocenters. The summed E-state index contributed by atoms with van der Waals surface area (Å²) in [4.78, 5) is 19.2. The zero-order valence-electron chi connectivity index (χ0n) is 8.54. The summed E-state index contributed by atoms with van der Waals surface area (Å²) in [5.41, 5.74) is 0.352. The third-order valence-corrected chi connectivity index (χ3v) is 0.730. The van der Waals surface area contributed by atoms with Crippen LogP contribution in [0.1, 0.15) is 13.8 Å². The molecular weight excluding hydrogens is 433 g/mol. The van der Waals surface area contributed by atoms with E-state index in [0.717, 1.165) is 0 Å². The van der Waals surface area contributed by atoms with Crippen LogP contribution >= 0.6 is 0 Å². The Balaban J connectivity index is -0.0000000625. The second-order valence-corrected chi connectivity index (χ2v) is 2.17. The van der Waals surface area contributed by atoms with E-state index < -0.39 is 11.9 Å². The third-order valence-electron chi connectivity index (χ3n) is 0.730. The van der Waals surface area contributed by atoms with Crippen molar-refractivity contribution in [3.05, 3.63) is 24.3 Å². The summed E-state index contributed by atoms with van der Waals surface area (Å²) in [5, 5.41) is 15.8. The number of carboxylic acids is 2. The number of hydrogen-bond donors (Lipinski definition) is 2. The number of aliphatic carboxylic acids is 2. The summed E-state index contributed by atoms with van der Waals surface area (Å²) in [5.74, 6) is -1.87. The van der Waals surface area contributed by atoms with Crippen LogP contribution in [0.25, 0.3) is 0 Å². The van der Waals surface area contributed by atoms with Crippen molar-refractivity contribution in [2.24, 2.45) is 0 Å². The molecule has 0 saturated carbocycles. The van der Waals surface area contributed by atoms with Crippen LogP contribution in [0.3, 0.4) is 0 Å². The minimum absolute atomic E-state index is 0. The number of carbonyl (C=O) groups is 2. The zero-order valence-corrected chi connectivity index (χ0v) is 17.0. The van der Waals surface area contributed by atoms with Gasteiger partial charge in [0.15, 0.2) is 0 Å². The van der Waals surface area contributed by atoms with E-state index in [9.17, 15) is 9.59 Å². The Morgan fingerprint density at radius 1 is 0.929 bits per heavy atom. The Labute approximate surface area is 116 Å². The van der Waals surface area contributed by atoms with E-state index in [4.69, 9.17) is 10.2 Å². The molecule has 0 fully saturated rings. The van der Waals surface area contributed by atoms with Crippen LogP contribution in [0.5, 0.6) is 0 Å². The van der Waals surface area contributed by atoms with Crippen LogP contribution in [-0.4, -0.2) is 49.5 Å². The van der Waals surface area contributed by atoms with Gasteiger partial charge in [-0.05, 0) is 13.8 Å². The van der Waals surface area contributed by atoms with Gasteiger partial charge < -0.3 is 10.2 Å². The molecule has 0 aliphatic heterocycles. The normalized spacial score (nSPS) is 6.43. The van der Waals surface area contributed by atoms with E-state index >= 15 is 0 Å². The molecule has 0 saturated heterocycles. The van der Waals surface area contributed by atoms with Gasteiger partial charge in [0.05, 0.1) is 0 Å². The van der Waals surface area contributed by atoms with Gasteiger partial charge in [-0.2, -0.15) is 0 Å². The van der Waals surface area contributed by atoms with Crippen molar-refractivity contribution in [3.8, 4) is 0 Å². The molecule has 76 valence electrons. The summed E-state index contributed by atoms with van der Waals surface area (Å²) >= 11 is 0. The van der Waals surface area contributed by atoms with Crippen molar-refractivity contribution in [2.75, 3.05) is 0 Å². The zero-order chi connectivity index (χ0) is 10.3. The maximum absolute atomic E-state index is 9.60. The quantitative estimate of drug-likeness (QED) is 0.475. The fourth-order valence-electron chi connectivity index (χ4n) is 0. The van der Waals surface area contributed by atoms with Crippen molar-refractivity contribution in [3.63, 3.8) is 0 Å². The molecule has 0 aromatic carbocycles. The Morgan fingerprint density at radius 3 is 1.00 bits per heavy atom. The van der Waals surface area contributed by atoms with Gasteiger partial charge in [-0.25, -0.2) is 9.59 Å². The molecule has 0 aliphatic rings. The van der Waals surface area contributed by atoms with E-state index in [1.807, 2.05) is 0 Å². The first kappa shape index (κ1) is 23.6. The minimum Gasteiger partial charge on any atom is 0 e. The molecule has 0 bridgehead atoms. The molecule has 14 heavy (non-hydrogen) atoms. The Hall–Kier alpha value is -0.0345. The molecule has 0 aromatic heterocycles. The SMILES string of the molecule is C=C(C)C(=O)O.C=C(C)C(=O)O.[PbH2].[Zn]. The van der Waals surface area contributed by atoms with Gasteiger partial charge in [-0.3, -0.25) is 0 Å². The molecule has 0 unspecified atom stereocenters. The van der Waals surface area contributed by atoms with E-state index in [1.165, 1.54) is 13.8 Å². The van der Waals surface area contributed by atoms with Gasteiger partial charge in [0.25, 0.3) is 0 Å². The second-order valence-electron chi connectivity index (χ2n) is 2.17. The monoisotopic (exact) mass is 446 g/mol. The van der Waals surface area contributed by atoms with Gasteiger partial charge in [-0.1, -0.05) is 13.2 Å². The number of rotatable bonds is 2. The average Bonchev–Trinajstić information content (AvgIpc) is 1.88. The largest absolute Gasteiger partial charge is 0 e. The van der Waals surface area contributed by atoms with Crippen molar-refractivity contribution < 1.29 is 39.3 Å². The van der Waals surface area contributed by atoms with Gasteiger partial charge in [-0.15, -0.1) is 0 Å². The molecule has 4 nitrogen and oxygen atoms in total. The molecule has 2 radical (unpaired) electrons.